The Morgan fingerprint density at radius 1 is 1.21 bits per heavy atom. The van der Waals surface area contributed by atoms with E-state index in [4.69, 9.17) is 5.73 Å². The maximum absolute atomic E-state index is 12.3. The average molecular weight is 254 g/mol. The number of rotatable bonds is 1. The summed E-state index contributed by atoms with van der Waals surface area (Å²) in [7, 11) is 0. The Bertz CT molecular complexity index is 626. The molecule has 1 amide bonds. The van der Waals surface area contributed by atoms with Crippen molar-refractivity contribution in [3.63, 3.8) is 0 Å². The van der Waals surface area contributed by atoms with Crippen molar-refractivity contribution in [2.24, 2.45) is 0 Å². The molecule has 0 radical (unpaired) electrons. The molecule has 0 saturated carbocycles. The molecule has 5 nitrogen and oxygen atoms in total. The third-order valence-electron chi connectivity index (χ3n) is 3.29. The summed E-state index contributed by atoms with van der Waals surface area (Å²) in [5.74, 6) is 0.317. The van der Waals surface area contributed by atoms with Gasteiger partial charge in [0.05, 0.1) is 0 Å². The molecule has 0 fully saturated rings. The molecule has 1 aliphatic heterocycles. The van der Waals surface area contributed by atoms with E-state index in [9.17, 15) is 4.79 Å². The number of nitrogen functional groups attached to an aromatic ring is 1. The Morgan fingerprint density at radius 3 is 2.79 bits per heavy atom. The summed E-state index contributed by atoms with van der Waals surface area (Å²) in [4.78, 5) is 22.0. The largest absolute Gasteiger partial charge is 0.384 e. The monoisotopic (exact) mass is 254 g/mol. The lowest BCUT2D eigenvalue weighted by molar-refractivity contribution is 0.0722. The smallest absolute Gasteiger partial charge is 0.292 e. The Kier molecular flexibility index (Phi) is 2.87. The molecule has 1 aliphatic rings. The molecule has 2 aromatic rings. The third kappa shape index (κ3) is 2.27. The Morgan fingerprint density at radius 2 is 2.00 bits per heavy atom. The van der Waals surface area contributed by atoms with Crippen molar-refractivity contribution in [2.75, 3.05) is 12.3 Å². The number of nitrogens with zero attached hydrogens (tertiary/aromatic N) is 3. The minimum absolute atomic E-state index is 0.165. The van der Waals surface area contributed by atoms with Gasteiger partial charge >= 0.3 is 0 Å². The van der Waals surface area contributed by atoms with Gasteiger partial charge in [-0.3, -0.25) is 4.79 Å². The molecule has 3 rings (SSSR count). The van der Waals surface area contributed by atoms with Crippen LogP contribution in [0.1, 0.15) is 21.7 Å². The number of fused-ring (bicyclic) bond motifs is 1. The Hall–Kier alpha value is -2.43. The van der Waals surface area contributed by atoms with E-state index in [1.54, 1.807) is 11.0 Å². The summed E-state index contributed by atoms with van der Waals surface area (Å²) in [6, 6.07) is 9.74. The number of nitrogens with two attached hydrogens (primary N) is 1. The first-order chi connectivity index (χ1) is 9.24. The second-order valence-electron chi connectivity index (χ2n) is 4.55. The van der Waals surface area contributed by atoms with Gasteiger partial charge in [0.2, 0.25) is 5.82 Å². The van der Waals surface area contributed by atoms with E-state index >= 15 is 0 Å². The number of carbonyl (C=O) groups is 1. The van der Waals surface area contributed by atoms with Gasteiger partial charge in [0.25, 0.3) is 5.91 Å². The van der Waals surface area contributed by atoms with E-state index in [0.717, 1.165) is 6.42 Å². The molecular weight excluding hydrogens is 240 g/mol. The van der Waals surface area contributed by atoms with Crippen LogP contribution in [0.3, 0.4) is 0 Å². The van der Waals surface area contributed by atoms with Gasteiger partial charge in [0.1, 0.15) is 5.82 Å². The molecule has 0 saturated heterocycles. The molecule has 0 unspecified atom stereocenters. The van der Waals surface area contributed by atoms with Crippen LogP contribution in [-0.2, 0) is 13.0 Å². The van der Waals surface area contributed by atoms with Crippen LogP contribution in [-0.4, -0.2) is 27.3 Å². The van der Waals surface area contributed by atoms with Gasteiger partial charge in [-0.1, -0.05) is 24.3 Å². The zero-order valence-electron chi connectivity index (χ0n) is 10.4. The Balaban J connectivity index is 1.83. The summed E-state index contributed by atoms with van der Waals surface area (Å²) in [5, 5.41) is 0. The molecule has 1 aromatic heterocycles. The minimum atomic E-state index is -0.165. The van der Waals surface area contributed by atoms with E-state index in [-0.39, 0.29) is 11.7 Å². The van der Waals surface area contributed by atoms with E-state index in [1.165, 1.54) is 17.3 Å². The van der Waals surface area contributed by atoms with E-state index in [1.807, 2.05) is 12.1 Å². The van der Waals surface area contributed by atoms with Crippen LogP contribution in [0.5, 0.6) is 0 Å². The van der Waals surface area contributed by atoms with Gasteiger partial charge in [-0.05, 0) is 23.6 Å². The lowest BCUT2D eigenvalue weighted by Crippen LogP contribution is -2.36. The second-order valence-corrected chi connectivity index (χ2v) is 4.55. The van der Waals surface area contributed by atoms with Crippen molar-refractivity contribution in [2.45, 2.75) is 13.0 Å². The highest BCUT2D eigenvalue weighted by Gasteiger charge is 2.23. The number of anilines is 1. The molecular formula is C14H14N4O. The summed E-state index contributed by atoms with van der Waals surface area (Å²) < 4.78 is 0. The maximum Gasteiger partial charge on any atom is 0.292 e. The van der Waals surface area contributed by atoms with Crippen LogP contribution < -0.4 is 5.73 Å². The Labute approximate surface area is 111 Å². The molecule has 5 heteroatoms. The molecule has 2 heterocycles. The fourth-order valence-electron chi connectivity index (χ4n) is 2.29. The number of aromatic nitrogens is 2. The van der Waals surface area contributed by atoms with E-state index in [0.29, 0.717) is 18.9 Å². The highest BCUT2D eigenvalue weighted by Crippen LogP contribution is 2.19. The SMILES string of the molecule is Nc1ccnc(C(=O)N2CCc3ccccc3C2)n1. The van der Waals surface area contributed by atoms with Crippen molar-refractivity contribution in [3.05, 3.63) is 53.5 Å². The van der Waals surface area contributed by atoms with Crippen molar-refractivity contribution in [1.82, 2.24) is 14.9 Å². The topological polar surface area (TPSA) is 72.1 Å². The van der Waals surface area contributed by atoms with Gasteiger partial charge < -0.3 is 10.6 Å². The predicted octanol–water partition coefficient (Wildman–Crippen LogP) is 1.26. The van der Waals surface area contributed by atoms with Gasteiger partial charge in [-0.2, -0.15) is 0 Å². The molecule has 0 bridgehead atoms. The van der Waals surface area contributed by atoms with Crippen molar-refractivity contribution >= 4 is 11.7 Å². The standard InChI is InChI=1S/C14H14N4O/c15-12-5-7-16-13(17-12)14(19)18-8-6-10-3-1-2-4-11(10)9-18/h1-5,7H,6,8-9H2,(H2,15,16,17). The zero-order chi connectivity index (χ0) is 13.2. The summed E-state index contributed by atoms with van der Waals surface area (Å²) >= 11 is 0. The van der Waals surface area contributed by atoms with Crippen molar-refractivity contribution < 1.29 is 4.79 Å². The van der Waals surface area contributed by atoms with Crippen molar-refractivity contribution in [3.8, 4) is 0 Å². The normalized spacial score (nSPS) is 14.0. The third-order valence-corrected chi connectivity index (χ3v) is 3.29. The summed E-state index contributed by atoms with van der Waals surface area (Å²) in [6.45, 7) is 1.29. The van der Waals surface area contributed by atoms with Crippen LogP contribution in [0, 0.1) is 0 Å². The quantitative estimate of drug-likeness (QED) is 0.831. The van der Waals surface area contributed by atoms with Gasteiger partial charge in [0, 0.05) is 19.3 Å². The number of carbonyl (C=O) groups excluding carboxylic acids is 1. The van der Waals surface area contributed by atoms with Crippen LogP contribution in [0.25, 0.3) is 0 Å². The molecule has 1 aromatic carbocycles. The molecule has 0 spiro atoms. The van der Waals surface area contributed by atoms with Crippen molar-refractivity contribution in [1.29, 1.82) is 0 Å². The second kappa shape index (κ2) is 4.68. The fourth-order valence-corrected chi connectivity index (χ4v) is 2.29. The van der Waals surface area contributed by atoms with Gasteiger partial charge in [-0.25, -0.2) is 9.97 Å². The van der Waals surface area contributed by atoms with E-state index < -0.39 is 0 Å². The fraction of sp³-hybridized carbons (Fsp3) is 0.214. The first-order valence-electron chi connectivity index (χ1n) is 6.18. The number of amides is 1. The van der Waals surface area contributed by atoms with Crippen LogP contribution in [0.4, 0.5) is 5.82 Å². The van der Waals surface area contributed by atoms with Gasteiger partial charge in [-0.15, -0.1) is 0 Å². The predicted molar refractivity (Wildman–Crippen MR) is 71.3 cm³/mol. The van der Waals surface area contributed by atoms with E-state index in [2.05, 4.69) is 22.1 Å². The molecule has 0 atom stereocenters. The summed E-state index contributed by atoms with van der Waals surface area (Å²) in [5.41, 5.74) is 8.07. The highest BCUT2D eigenvalue weighted by molar-refractivity contribution is 5.90. The highest BCUT2D eigenvalue weighted by atomic mass is 16.2. The first kappa shape index (κ1) is 11.6. The maximum atomic E-state index is 12.3. The molecule has 2 N–H and O–H groups in total. The first-order valence-corrected chi connectivity index (χ1v) is 6.18. The van der Waals surface area contributed by atoms with Crippen LogP contribution >= 0.6 is 0 Å². The lowest BCUT2D eigenvalue weighted by Gasteiger charge is -2.28. The minimum Gasteiger partial charge on any atom is -0.384 e. The van der Waals surface area contributed by atoms with Crippen LogP contribution in [0.15, 0.2) is 36.5 Å². The lowest BCUT2D eigenvalue weighted by atomic mass is 10.00. The average Bonchev–Trinajstić information content (AvgIpc) is 2.46. The number of hydrogen-bond acceptors (Lipinski definition) is 4. The number of hydrogen-bond donors (Lipinski definition) is 1. The summed E-state index contributed by atoms with van der Waals surface area (Å²) in [6.07, 6.45) is 2.37. The molecule has 96 valence electrons. The van der Waals surface area contributed by atoms with Crippen LogP contribution in [0.2, 0.25) is 0 Å². The molecule has 19 heavy (non-hydrogen) atoms. The zero-order valence-corrected chi connectivity index (χ0v) is 10.4. The van der Waals surface area contributed by atoms with Gasteiger partial charge in [0.15, 0.2) is 0 Å². The molecule has 0 aliphatic carbocycles. The number of benzene rings is 1.